The minimum absolute atomic E-state index is 0.0705. The SMILES string of the molecule is Cc1ccc(S(=O)(=O)N(C)C)cc1-n1c(SCCOc2ccc(C(C)(C)C)cc2)nc2ccccc2c1=O. The predicted molar refractivity (Wildman–Crippen MR) is 154 cm³/mol. The van der Waals surface area contributed by atoms with Crippen LogP contribution in [0.15, 0.2) is 81.6 Å². The molecular weight excluding hydrogens is 518 g/mol. The van der Waals surface area contributed by atoms with Crippen molar-refractivity contribution < 1.29 is 13.2 Å². The summed E-state index contributed by atoms with van der Waals surface area (Å²) in [5.41, 5.74) is 2.89. The van der Waals surface area contributed by atoms with E-state index in [4.69, 9.17) is 9.72 Å². The zero-order chi connectivity index (χ0) is 27.7. The maximum Gasteiger partial charge on any atom is 0.266 e. The first kappa shape index (κ1) is 27.9. The monoisotopic (exact) mass is 551 g/mol. The number of rotatable bonds is 8. The van der Waals surface area contributed by atoms with Crippen molar-refractivity contribution in [1.82, 2.24) is 13.9 Å². The largest absolute Gasteiger partial charge is 0.493 e. The third-order valence-electron chi connectivity index (χ3n) is 6.25. The Bertz CT molecular complexity index is 1620. The molecule has 0 aliphatic carbocycles. The van der Waals surface area contributed by atoms with E-state index >= 15 is 0 Å². The van der Waals surface area contributed by atoms with Crippen LogP contribution < -0.4 is 10.3 Å². The van der Waals surface area contributed by atoms with Gasteiger partial charge in [-0.3, -0.25) is 9.36 Å². The molecule has 1 aromatic heterocycles. The maximum atomic E-state index is 13.7. The topological polar surface area (TPSA) is 81.5 Å². The summed E-state index contributed by atoms with van der Waals surface area (Å²) >= 11 is 1.39. The molecule has 0 N–H and O–H groups in total. The summed E-state index contributed by atoms with van der Waals surface area (Å²) in [6.07, 6.45) is 0. The second-order valence-electron chi connectivity index (χ2n) is 10.3. The van der Waals surface area contributed by atoms with Gasteiger partial charge in [0.25, 0.3) is 5.56 Å². The fourth-order valence-corrected chi connectivity index (χ4v) is 5.71. The van der Waals surface area contributed by atoms with Gasteiger partial charge >= 0.3 is 0 Å². The summed E-state index contributed by atoms with van der Waals surface area (Å²) in [5.74, 6) is 1.32. The van der Waals surface area contributed by atoms with Crippen molar-refractivity contribution in [2.24, 2.45) is 0 Å². The maximum absolute atomic E-state index is 13.7. The molecule has 0 aliphatic rings. The molecule has 0 radical (unpaired) electrons. The van der Waals surface area contributed by atoms with Gasteiger partial charge in [-0.05, 0) is 59.9 Å². The fourth-order valence-electron chi connectivity index (χ4n) is 3.97. The number of para-hydroxylation sites is 1. The lowest BCUT2D eigenvalue weighted by Gasteiger charge is -2.19. The van der Waals surface area contributed by atoms with Crippen LogP contribution in [0.3, 0.4) is 0 Å². The molecule has 0 saturated heterocycles. The molecule has 4 aromatic rings. The second kappa shape index (κ2) is 10.9. The number of sulfonamides is 1. The van der Waals surface area contributed by atoms with Crippen LogP contribution >= 0.6 is 11.8 Å². The first-order chi connectivity index (χ1) is 17.9. The van der Waals surface area contributed by atoms with E-state index in [1.807, 2.05) is 25.1 Å². The molecule has 0 bridgehead atoms. The molecule has 0 unspecified atom stereocenters. The number of benzene rings is 3. The lowest BCUT2D eigenvalue weighted by molar-refractivity contribution is 0.343. The van der Waals surface area contributed by atoms with Gasteiger partial charge in [0.1, 0.15) is 5.75 Å². The smallest absolute Gasteiger partial charge is 0.266 e. The molecule has 0 fully saturated rings. The van der Waals surface area contributed by atoms with Gasteiger partial charge in [0.05, 0.1) is 28.1 Å². The number of nitrogens with zero attached hydrogens (tertiary/aromatic N) is 3. The highest BCUT2D eigenvalue weighted by Crippen LogP contribution is 2.27. The first-order valence-corrected chi connectivity index (χ1v) is 14.7. The molecule has 3 aromatic carbocycles. The van der Waals surface area contributed by atoms with Crippen molar-refractivity contribution in [1.29, 1.82) is 0 Å². The standard InChI is InChI=1S/C29H33N3O4S2/c1-20-11-16-23(38(34,35)31(5)6)19-26(20)32-27(33)24-9-7-8-10-25(24)30-28(32)37-18-17-36-22-14-12-21(13-15-22)29(2,3)4/h7-16,19H,17-18H2,1-6H3. The Morgan fingerprint density at radius 3 is 2.34 bits per heavy atom. The van der Waals surface area contributed by atoms with Crippen LogP contribution in [0.1, 0.15) is 31.9 Å². The van der Waals surface area contributed by atoms with E-state index in [1.54, 1.807) is 36.4 Å². The Kier molecular flexibility index (Phi) is 8.01. The van der Waals surface area contributed by atoms with Gasteiger partial charge in [-0.2, -0.15) is 0 Å². The number of aromatic nitrogens is 2. The van der Waals surface area contributed by atoms with E-state index in [-0.39, 0.29) is 15.9 Å². The molecule has 9 heteroatoms. The van der Waals surface area contributed by atoms with E-state index in [9.17, 15) is 13.2 Å². The number of thioether (sulfide) groups is 1. The van der Waals surface area contributed by atoms with Crippen molar-refractivity contribution in [3.63, 3.8) is 0 Å². The Morgan fingerprint density at radius 1 is 1.00 bits per heavy atom. The van der Waals surface area contributed by atoms with Crippen LogP contribution in [-0.4, -0.2) is 48.7 Å². The molecule has 0 amide bonds. The van der Waals surface area contributed by atoms with Gasteiger partial charge in [-0.25, -0.2) is 17.7 Å². The molecule has 0 spiro atoms. The summed E-state index contributed by atoms with van der Waals surface area (Å²) in [5, 5.41) is 0.940. The summed E-state index contributed by atoms with van der Waals surface area (Å²) in [6, 6.07) is 20.1. The van der Waals surface area contributed by atoms with E-state index in [0.29, 0.717) is 34.1 Å². The summed E-state index contributed by atoms with van der Waals surface area (Å²) < 4.78 is 34.3. The second-order valence-corrected chi connectivity index (χ2v) is 13.5. The van der Waals surface area contributed by atoms with E-state index in [1.165, 1.54) is 36.0 Å². The zero-order valence-corrected chi connectivity index (χ0v) is 24.2. The minimum Gasteiger partial charge on any atom is -0.493 e. The first-order valence-electron chi connectivity index (χ1n) is 12.3. The molecule has 38 heavy (non-hydrogen) atoms. The molecule has 7 nitrogen and oxygen atoms in total. The van der Waals surface area contributed by atoms with Gasteiger partial charge in [0.15, 0.2) is 5.16 Å². The summed E-state index contributed by atoms with van der Waals surface area (Å²) in [4.78, 5) is 18.6. The highest BCUT2D eigenvalue weighted by Gasteiger charge is 2.21. The van der Waals surface area contributed by atoms with Gasteiger partial charge in [-0.1, -0.05) is 62.9 Å². The fraction of sp³-hybridized carbons (Fsp3) is 0.310. The van der Waals surface area contributed by atoms with Crippen LogP contribution in [-0.2, 0) is 15.4 Å². The van der Waals surface area contributed by atoms with Crippen LogP contribution in [0.4, 0.5) is 0 Å². The number of fused-ring (bicyclic) bond motifs is 1. The van der Waals surface area contributed by atoms with Crippen molar-refractivity contribution in [3.05, 3.63) is 88.2 Å². The van der Waals surface area contributed by atoms with Crippen molar-refractivity contribution in [3.8, 4) is 11.4 Å². The van der Waals surface area contributed by atoms with Gasteiger partial charge in [0, 0.05) is 19.8 Å². The van der Waals surface area contributed by atoms with Gasteiger partial charge in [0.2, 0.25) is 10.0 Å². The Hall–Kier alpha value is -3.14. The average Bonchev–Trinajstić information content (AvgIpc) is 2.87. The molecule has 1 heterocycles. The van der Waals surface area contributed by atoms with Crippen LogP contribution in [0, 0.1) is 6.92 Å². The quantitative estimate of drug-likeness (QED) is 0.165. The number of hydrogen-bond acceptors (Lipinski definition) is 6. The Morgan fingerprint density at radius 2 is 1.68 bits per heavy atom. The predicted octanol–water partition coefficient (Wildman–Crippen LogP) is 5.41. The minimum atomic E-state index is -3.69. The van der Waals surface area contributed by atoms with Gasteiger partial charge in [-0.15, -0.1) is 0 Å². The van der Waals surface area contributed by atoms with Crippen molar-refractivity contribution in [2.45, 2.75) is 43.2 Å². The van der Waals surface area contributed by atoms with Crippen LogP contribution in [0.2, 0.25) is 0 Å². The number of ether oxygens (including phenoxy) is 1. The lowest BCUT2D eigenvalue weighted by atomic mass is 9.87. The van der Waals surface area contributed by atoms with Crippen LogP contribution in [0.5, 0.6) is 5.75 Å². The lowest BCUT2D eigenvalue weighted by Crippen LogP contribution is -2.25. The molecule has 0 aliphatic heterocycles. The average molecular weight is 552 g/mol. The highest BCUT2D eigenvalue weighted by molar-refractivity contribution is 7.99. The Labute approximate surface area is 228 Å². The summed E-state index contributed by atoms with van der Waals surface area (Å²) in [6.45, 7) is 8.77. The molecule has 0 saturated carbocycles. The van der Waals surface area contributed by atoms with E-state index in [0.717, 1.165) is 15.6 Å². The van der Waals surface area contributed by atoms with Crippen LogP contribution in [0.25, 0.3) is 16.6 Å². The summed E-state index contributed by atoms with van der Waals surface area (Å²) in [7, 11) is -0.720. The molecule has 0 atom stereocenters. The normalized spacial score (nSPS) is 12.3. The molecule has 4 rings (SSSR count). The number of aryl methyl sites for hydroxylation is 1. The number of hydrogen-bond donors (Lipinski definition) is 0. The van der Waals surface area contributed by atoms with Crippen molar-refractivity contribution >= 4 is 32.7 Å². The third kappa shape index (κ3) is 5.80. The molecular formula is C29H33N3O4S2. The van der Waals surface area contributed by atoms with Gasteiger partial charge < -0.3 is 4.74 Å². The van der Waals surface area contributed by atoms with E-state index in [2.05, 4.69) is 32.9 Å². The van der Waals surface area contributed by atoms with E-state index < -0.39 is 10.0 Å². The highest BCUT2D eigenvalue weighted by atomic mass is 32.2. The van der Waals surface area contributed by atoms with Crippen molar-refractivity contribution in [2.75, 3.05) is 26.5 Å². The zero-order valence-electron chi connectivity index (χ0n) is 22.6. The molecule has 200 valence electrons. The third-order valence-corrected chi connectivity index (χ3v) is 8.96. The Balaban J connectivity index is 1.67.